The van der Waals surface area contributed by atoms with E-state index in [0.717, 1.165) is 12.0 Å². The molecule has 25 heavy (non-hydrogen) atoms. The third-order valence-corrected chi connectivity index (χ3v) is 4.71. The van der Waals surface area contributed by atoms with E-state index in [1.54, 1.807) is 0 Å². The summed E-state index contributed by atoms with van der Waals surface area (Å²) in [6.45, 7) is 5.96. The molecule has 0 aliphatic heterocycles. The van der Waals surface area contributed by atoms with Crippen molar-refractivity contribution in [3.8, 4) is 5.75 Å². The van der Waals surface area contributed by atoms with E-state index in [1.165, 1.54) is 30.4 Å². The smallest absolute Gasteiger partial charge is 0.255 e. The lowest BCUT2D eigenvalue weighted by Crippen LogP contribution is -2.27. The van der Waals surface area contributed by atoms with Crippen LogP contribution in [0.3, 0.4) is 0 Å². The average Bonchev–Trinajstić information content (AvgIpc) is 2.61. The summed E-state index contributed by atoms with van der Waals surface area (Å²) in [7, 11) is 0. The number of carbonyl (C=O) groups excluding carboxylic acids is 1. The molecular weight excluding hydrogens is 310 g/mol. The quantitative estimate of drug-likeness (QED) is 0.847. The van der Waals surface area contributed by atoms with Crippen LogP contribution in [0, 0.1) is 0 Å². The second-order valence-corrected chi connectivity index (χ2v) is 7.09. The first-order valence-corrected chi connectivity index (χ1v) is 9.23. The molecular formula is C22H27NO2. The van der Waals surface area contributed by atoms with Gasteiger partial charge in [0, 0.05) is 0 Å². The molecule has 0 bridgehead atoms. The van der Waals surface area contributed by atoms with Crippen LogP contribution in [-0.2, 0) is 12.8 Å². The molecule has 0 radical (unpaired) electrons. The summed E-state index contributed by atoms with van der Waals surface area (Å²) in [5, 5.41) is 3.11. The summed E-state index contributed by atoms with van der Waals surface area (Å²) in [5.74, 6) is 0.536. The summed E-state index contributed by atoms with van der Waals surface area (Å²) in [6, 6.07) is 14.0. The Hall–Kier alpha value is -2.29. The predicted molar refractivity (Wildman–Crippen MR) is 101 cm³/mol. The lowest BCUT2D eigenvalue weighted by Gasteiger charge is -2.21. The SMILES string of the molecule is CC(C)Oc1ccccc1C(=O)N[C@H](C)c1ccc2c(c1)CCCC2. The van der Waals surface area contributed by atoms with Gasteiger partial charge < -0.3 is 10.1 Å². The molecule has 0 saturated heterocycles. The number of para-hydroxylation sites is 1. The predicted octanol–water partition coefficient (Wildman–Crippen LogP) is 4.84. The Bertz CT molecular complexity index is 751. The van der Waals surface area contributed by atoms with E-state index in [4.69, 9.17) is 4.74 Å². The second-order valence-electron chi connectivity index (χ2n) is 7.09. The average molecular weight is 337 g/mol. The van der Waals surface area contributed by atoms with Crippen molar-refractivity contribution in [3.05, 3.63) is 64.7 Å². The summed E-state index contributed by atoms with van der Waals surface area (Å²) in [4.78, 5) is 12.7. The van der Waals surface area contributed by atoms with Gasteiger partial charge in [-0.2, -0.15) is 0 Å². The zero-order valence-electron chi connectivity index (χ0n) is 15.3. The maximum Gasteiger partial charge on any atom is 0.255 e. The largest absolute Gasteiger partial charge is 0.490 e. The first-order valence-electron chi connectivity index (χ1n) is 9.23. The number of hydrogen-bond donors (Lipinski definition) is 1. The maximum atomic E-state index is 12.7. The Morgan fingerprint density at radius 1 is 1.00 bits per heavy atom. The highest BCUT2D eigenvalue weighted by atomic mass is 16.5. The number of rotatable bonds is 5. The van der Waals surface area contributed by atoms with Crippen LogP contribution in [-0.4, -0.2) is 12.0 Å². The van der Waals surface area contributed by atoms with Crippen LogP contribution in [0.4, 0.5) is 0 Å². The lowest BCUT2D eigenvalue weighted by atomic mass is 9.89. The molecule has 1 atom stereocenters. The molecule has 132 valence electrons. The van der Waals surface area contributed by atoms with E-state index in [9.17, 15) is 4.79 Å². The fourth-order valence-electron chi connectivity index (χ4n) is 3.39. The van der Waals surface area contributed by atoms with E-state index < -0.39 is 0 Å². The van der Waals surface area contributed by atoms with Crippen LogP contribution in [0.15, 0.2) is 42.5 Å². The molecule has 1 amide bonds. The molecule has 3 nitrogen and oxygen atoms in total. The van der Waals surface area contributed by atoms with Gasteiger partial charge in [0.1, 0.15) is 5.75 Å². The number of nitrogens with one attached hydrogen (secondary N) is 1. The Morgan fingerprint density at radius 2 is 1.72 bits per heavy atom. The molecule has 0 fully saturated rings. The zero-order chi connectivity index (χ0) is 17.8. The van der Waals surface area contributed by atoms with Crippen molar-refractivity contribution in [1.29, 1.82) is 0 Å². The molecule has 0 spiro atoms. The van der Waals surface area contributed by atoms with E-state index >= 15 is 0 Å². The summed E-state index contributed by atoms with van der Waals surface area (Å²) in [5.41, 5.74) is 4.65. The zero-order valence-corrected chi connectivity index (χ0v) is 15.3. The summed E-state index contributed by atoms with van der Waals surface area (Å²) in [6.07, 6.45) is 4.90. The van der Waals surface area contributed by atoms with Crippen LogP contribution in [0.5, 0.6) is 5.75 Å². The number of ether oxygens (including phenoxy) is 1. The van der Waals surface area contributed by atoms with Crippen LogP contribution in [0.2, 0.25) is 0 Å². The molecule has 3 rings (SSSR count). The van der Waals surface area contributed by atoms with Crippen LogP contribution in [0.1, 0.15) is 66.7 Å². The topological polar surface area (TPSA) is 38.3 Å². The molecule has 1 aliphatic rings. The van der Waals surface area contributed by atoms with Gasteiger partial charge in [-0.15, -0.1) is 0 Å². The number of aryl methyl sites for hydroxylation is 2. The van der Waals surface area contributed by atoms with Gasteiger partial charge in [0.15, 0.2) is 0 Å². The highest BCUT2D eigenvalue weighted by molar-refractivity contribution is 5.97. The van der Waals surface area contributed by atoms with Gasteiger partial charge in [-0.1, -0.05) is 30.3 Å². The van der Waals surface area contributed by atoms with Crippen molar-refractivity contribution in [1.82, 2.24) is 5.32 Å². The van der Waals surface area contributed by atoms with Crippen molar-refractivity contribution in [2.75, 3.05) is 0 Å². The summed E-state index contributed by atoms with van der Waals surface area (Å²) >= 11 is 0. The van der Waals surface area contributed by atoms with Crippen molar-refractivity contribution in [3.63, 3.8) is 0 Å². The van der Waals surface area contributed by atoms with Crippen LogP contribution < -0.4 is 10.1 Å². The van der Waals surface area contributed by atoms with E-state index in [1.807, 2.05) is 45.0 Å². The van der Waals surface area contributed by atoms with Gasteiger partial charge in [0.2, 0.25) is 0 Å². The molecule has 0 aromatic heterocycles. The molecule has 2 aromatic rings. The Balaban J connectivity index is 1.75. The monoisotopic (exact) mass is 337 g/mol. The minimum atomic E-state index is -0.0959. The second kappa shape index (κ2) is 7.73. The number of fused-ring (bicyclic) bond motifs is 1. The molecule has 0 heterocycles. The normalized spacial score (nSPS) is 14.7. The minimum absolute atomic E-state index is 0.0343. The van der Waals surface area contributed by atoms with Gasteiger partial charge in [-0.3, -0.25) is 4.79 Å². The molecule has 0 saturated carbocycles. The number of amides is 1. The van der Waals surface area contributed by atoms with E-state index in [2.05, 4.69) is 23.5 Å². The summed E-state index contributed by atoms with van der Waals surface area (Å²) < 4.78 is 5.77. The standard InChI is InChI=1S/C22H27NO2/c1-15(2)25-21-11-7-6-10-20(21)22(24)23-16(3)18-13-12-17-8-4-5-9-19(17)14-18/h6-7,10-16H,4-5,8-9H2,1-3H3,(H,23,24)/t16-/m1/s1. The van der Waals surface area contributed by atoms with Crippen molar-refractivity contribution < 1.29 is 9.53 Å². The van der Waals surface area contributed by atoms with Gasteiger partial charge in [-0.05, 0) is 75.3 Å². The first kappa shape index (κ1) is 17.5. The van der Waals surface area contributed by atoms with E-state index in [0.29, 0.717) is 11.3 Å². The lowest BCUT2D eigenvalue weighted by molar-refractivity contribution is 0.0934. The molecule has 1 aliphatic carbocycles. The third-order valence-electron chi connectivity index (χ3n) is 4.71. The molecule has 1 N–H and O–H groups in total. The third kappa shape index (κ3) is 4.22. The first-order chi connectivity index (χ1) is 12.0. The molecule has 0 unspecified atom stereocenters. The van der Waals surface area contributed by atoms with Gasteiger partial charge in [0.25, 0.3) is 5.91 Å². The van der Waals surface area contributed by atoms with Gasteiger partial charge in [-0.25, -0.2) is 0 Å². The van der Waals surface area contributed by atoms with Gasteiger partial charge >= 0.3 is 0 Å². The highest BCUT2D eigenvalue weighted by Gasteiger charge is 2.17. The Labute approximate surface area is 150 Å². The fourth-order valence-corrected chi connectivity index (χ4v) is 3.39. The fraction of sp³-hybridized carbons (Fsp3) is 0.409. The molecule has 3 heteroatoms. The highest BCUT2D eigenvalue weighted by Crippen LogP contribution is 2.26. The van der Waals surface area contributed by atoms with Crippen LogP contribution in [0.25, 0.3) is 0 Å². The van der Waals surface area contributed by atoms with Gasteiger partial charge in [0.05, 0.1) is 17.7 Å². The Morgan fingerprint density at radius 3 is 2.48 bits per heavy atom. The van der Waals surface area contributed by atoms with E-state index in [-0.39, 0.29) is 18.1 Å². The molecule has 2 aromatic carbocycles. The minimum Gasteiger partial charge on any atom is -0.490 e. The maximum absolute atomic E-state index is 12.7. The van der Waals surface area contributed by atoms with Crippen LogP contribution >= 0.6 is 0 Å². The van der Waals surface area contributed by atoms with Crippen molar-refractivity contribution >= 4 is 5.91 Å². The Kier molecular flexibility index (Phi) is 5.42. The van der Waals surface area contributed by atoms with Crippen molar-refractivity contribution in [2.45, 2.75) is 58.6 Å². The number of hydrogen-bond acceptors (Lipinski definition) is 2. The van der Waals surface area contributed by atoms with Crippen molar-refractivity contribution in [2.24, 2.45) is 0 Å². The number of benzene rings is 2. The number of carbonyl (C=O) groups is 1.